The lowest BCUT2D eigenvalue weighted by atomic mass is 10.0. The fraction of sp³-hybridized carbons (Fsp3) is 0.647. The van der Waals surface area contributed by atoms with Crippen LogP contribution >= 0.6 is 0 Å². The molecule has 0 radical (unpaired) electrons. The number of hydrogen-bond acceptors (Lipinski definition) is 3. The van der Waals surface area contributed by atoms with E-state index in [-0.39, 0.29) is 0 Å². The Labute approximate surface area is 123 Å². The predicted molar refractivity (Wildman–Crippen MR) is 84.1 cm³/mol. The van der Waals surface area contributed by atoms with Crippen LogP contribution in [0, 0.1) is 6.92 Å². The second-order valence-corrected chi connectivity index (χ2v) is 5.82. The van der Waals surface area contributed by atoms with Crippen LogP contribution in [0.15, 0.2) is 24.3 Å². The Morgan fingerprint density at radius 1 is 1.40 bits per heavy atom. The molecule has 3 heteroatoms. The maximum atomic E-state index is 5.73. The Hall–Kier alpha value is -0.900. The van der Waals surface area contributed by atoms with Crippen LogP contribution in [0.2, 0.25) is 0 Å². The van der Waals surface area contributed by atoms with Gasteiger partial charge in [0.2, 0.25) is 0 Å². The van der Waals surface area contributed by atoms with Gasteiger partial charge in [0.1, 0.15) is 0 Å². The molecule has 0 saturated carbocycles. The normalized spacial score (nSPS) is 20.5. The maximum absolute atomic E-state index is 5.73. The highest BCUT2D eigenvalue weighted by molar-refractivity contribution is 5.29. The average Bonchev–Trinajstić information content (AvgIpc) is 2.91. The highest BCUT2D eigenvalue weighted by atomic mass is 16.5. The Kier molecular flexibility index (Phi) is 6.02. The van der Waals surface area contributed by atoms with Crippen molar-refractivity contribution in [1.29, 1.82) is 0 Å². The van der Waals surface area contributed by atoms with Crippen LogP contribution in [-0.4, -0.2) is 44.3 Å². The molecule has 1 heterocycles. The van der Waals surface area contributed by atoms with Gasteiger partial charge in [-0.15, -0.1) is 0 Å². The molecule has 1 N–H and O–H groups in total. The molecule has 2 rings (SSSR count). The molecule has 2 unspecified atom stereocenters. The zero-order chi connectivity index (χ0) is 14.4. The molecule has 112 valence electrons. The lowest BCUT2D eigenvalue weighted by Gasteiger charge is -2.27. The third-order valence-electron chi connectivity index (χ3n) is 4.05. The summed E-state index contributed by atoms with van der Waals surface area (Å²) in [5, 5.41) is 3.61. The van der Waals surface area contributed by atoms with E-state index in [1.165, 1.54) is 24.0 Å². The summed E-state index contributed by atoms with van der Waals surface area (Å²) >= 11 is 0. The molecule has 20 heavy (non-hydrogen) atoms. The Bertz CT molecular complexity index is 402. The van der Waals surface area contributed by atoms with Crippen molar-refractivity contribution < 1.29 is 4.74 Å². The van der Waals surface area contributed by atoms with E-state index in [1.54, 1.807) is 0 Å². The van der Waals surface area contributed by atoms with Crippen molar-refractivity contribution in [2.24, 2.45) is 0 Å². The largest absolute Gasteiger partial charge is 0.377 e. The van der Waals surface area contributed by atoms with Gasteiger partial charge in [0, 0.05) is 25.7 Å². The van der Waals surface area contributed by atoms with E-state index in [0.717, 1.165) is 26.2 Å². The van der Waals surface area contributed by atoms with Crippen LogP contribution in [0.4, 0.5) is 0 Å². The summed E-state index contributed by atoms with van der Waals surface area (Å²) in [6.45, 7) is 8.36. The van der Waals surface area contributed by atoms with Gasteiger partial charge < -0.3 is 15.0 Å². The lowest BCUT2D eigenvalue weighted by Crippen LogP contribution is -2.37. The molecule has 1 aliphatic heterocycles. The lowest BCUT2D eigenvalue weighted by molar-refractivity contribution is 0.0784. The molecule has 0 bridgehead atoms. The maximum Gasteiger partial charge on any atom is 0.0702 e. The minimum atomic E-state index is 0.396. The molecule has 1 aromatic carbocycles. The van der Waals surface area contributed by atoms with E-state index < -0.39 is 0 Å². The Morgan fingerprint density at radius 3 is 2.85 bits per heavy atom. The van der Waals surface area contributed by atoms with Gasteiger partial charge in [-0.3, -0.25) is 0 Å². The van der Waals surface area contributed by atoms with Crippen molar-refractivity contribution in [2.45, 2.75) is 38.8 Å². The van der Waals surface area contributed by atoms with Crippen molar-refractivity contribution in [3.63, 3.8) is 0 Å². The Balaban J connectivity index is 1.96. The van der Waals surface area contributed by atoms with Crippen LogP contribution in [0.3, 0.4) is 0 Å². The summed E-state index contributed by atoms with van der Waals surface area (Å²) in [4.78, 5) is 2.40. The molecule has 0 aliphatic carbocycles. The van der Waals surface area contributed by atoms with E-state index in [9.17, 15) is 0 Å². The highest BCUT2D eigenvalue weighted by Crippen LogP contribution is 2.19. The predicted octanol–water partition coefficient (Wildman–Crippen LogP) is 2.76. The monoisotopic (exact) mass is 276 g/mol. The summed E-state index contributed by atoms with van der Waals surface area (Å²) in [5.41, 5.74) is 2.78. The zero-order valence-electron chi connectivity index (χ0n) is 13.1. The number of nitrogens with one attached hydrogen (secondary N) is 1. The summed E-state index contributed by atoms with van der Waals surface area (Å²) < 4.78 is 5.73. The Morgan fingerprint density at radius 2 is 2.20 bits per heavy atom. The minimum absolute atomic E-state index is 0.396. The SMILES string of the molecule is CCNC(CN(C)CC1CCCO1)c1ccccc1C. The van der Waals surface area contributed by atoms with Gasteiger partial charge in [-0.1, -0.05) is 31.2 Å². The molecule has 1 aromatic rings. The standard InChI is InChI=1S/C17H28N2O/c1-4-18-17(16-10-6-5-8-14(16)2)13-19(3)12-15-9-7-11-20-15/h5-6,8,10,15,17-18H,4,7,9,11-13H2,1-3H3. The summed E-state index contributed by atoms with van der Waals surface area (Å²) in [6.07, 6.45) is 2.85. The van der Waals surface area contributed by atoms with Gasteiger partial charge in [0.05, 0.1) is 6.10 Å². The van der Waals surface area contributed by atoms with Gasteiger partial charge in [-0.25, -0.2) is 0 Å². The van der Waals surface area contributed by atoms with Crippen molar-refractivity contribution >= 4 is 0 Å². The number of benzene rings is 1. The van der Waals surface area contributed by atoms with Crippen LogP contribution in [0.1, 0.15) is 36.9 Å². The van der Waals surface area contributed by atoms with Crippen molar-refractivity contribution in [1.82, 2.24) is 10.2 Å². The van der Waals surface area contributed by atoms with Crippen LogP contribution in [0.25, 0.3) is 0 Å². The van der Waals surface area contributed by atoms with Gasteiger partial charge >= 0.3 is 0 Å². The van der Waals surface area contributed by atoms with E-state index in [0.29, 0.717) is 12.1 Å². The number of nitrogens with zero attached hydrogens (tertiary/aromatic N) is 1. The first-order chi connectivity index (χ1) is 9.70. The third kappa shape index (κ3) is 4.30. The van der Waals surface area contributed by atoms with E-state index >= 15 is 0 Å². The van der Waals surface area contributed by atoms with Gasteiger partial charge in [0.15, 0.2) is 0 Å². The first-order valence-corrected chi connectivity index (χ1v) is 7.79. The fourth-order valence-electron chi connectivity index (χ4n) is 3.02. The number of ether oxygens (including phenoxy) is 1. The molecule has 3 nitrogen and oxygen atoms in total. The molecular formula is C17H28N2O. The number of aryl methyl sites for hydroxylation is 1. The molecule has 1 saturated heterocycles. The van der Waals surface area contributed by atoms with Gasteiger partial charge in [-0.05, 0) is 44.5 Å². The van der Waals surface area contributed by atoms with E-state index in [4.69, 9.17) is 4.74 Å². The smallest absolute Gasteiger partial charge is 0.0702 e. The van der Waals surface area contributed by atoms with Crippen LogP contribution in [0.5, 0.6) is 0 Å². The fourth-order valence-corrected chi connectivity index (χ4v) is 3.02. The van der Waals surface area contributed by atoms with Crippen LogP contribution in [-0.2, 0) is 4.74 Å². The second-order valence-electron chi connectivity index (χ2n) is 5.82. The zero-order valence-corrected chi connectivity index (χ0v) is 13.1. The number of likely N-dealkylation sites (N-methyl/N-ethyl adjacent to an activating group) is 2. The van der Waals surface area contributed by atoms with Crippen LogP contribution < -0.4 is 5.32 Å². The van der Waals surface area contributed by atoms with E-state index in [1.807, 2.05) is 0 Å². The van der Waals surface area contributed by atoms with Gasteiger partial charge in [0.25, 0.3) is 0 Å². The highest BCUT2D eigenvalue weighted by Gasteiger charge is 2.20. The third-order valence-corrected chi connectivity index (χ3v) is 4.05. The van der Waals surface area contributed by atoms with Crippen molar-refractivity contribution in [2.75, 3.05) is 33.3 Å². The quantitative estimate of drug-likeness (QED) is 0.829. The molecule has 0 spiro atoms. The molecule has 0 aromatic heterocycles. The summed E-state index contributed by atoms with van der Waals surface area (Å²) in [6, 6.07) is 9.07. The number of hydrogen-bond donors (Lipinski definition) is 1. The van der Waals surface area contributed by atoms with E-state index in [2.05, 4.69) is 55.4 Å². The molecular weight excluding hydrogens is 248 g/mol. The molecule has 1 aliphatic rings. The molecule has 1 fully saturated rings. The topological polar surface area (TPSA) is 24.5 Å². The minimum Gasteiger partial charge on any atom is -0.377 e. The van der Waals surface area contributed by atoms with Crippen molar-refractivity contribution in [3.05, 3.63) is 35.4 Å². The average molecular weight is 276 g/mol. The molecule has 2 atom stereocenters. The first-order valence-electron chi connectivity index (χ1n) is 7.79. The van der Waals surface area contributed by atoms with Gasteiger partial charge in [-0.2, -0.15) is 0 Å². The first kappa shape index (κ1) is 15.5. The number of rotatable bonds is 7. The summed E-state index contributed by atoms with van der Waals surface area (Å²) in [5.74, 6) is 0. The summed E-state index contributed by atoms with van der Waals surface area (Å²) in [7, 11) is 2.20. The molecule has 0 amide bonds. The second kappa shape index (κ2) is 7.77. The van der Waals surface area contributed by atoms with Crippen molar-refractivity contribution in [3.8, 4) is 0 Å².